The number of ether oxygens (including phenoxy) is 1. The van der Waals surface area contributed by atoms with Crippen molar-refractivity contribution in [2.75, 3.05) is 33.4 Å². The molecule has 0 unspecified atom stereocenters. The summed E-state index contributed by atoms with van der Waals surface area (Å²) >= 11 is 0. The van der Waals surface area contributed by atoms with E-state index in [0.717, 1.165) is 31.4 Å². The number of amides is 2. The van der Waals surface area contributed by atoms with Crippen LogP contribution in [0, 0.1) is 5.92 Å². The molecule has 3 saturated heterocycles. The van der Waals surface area contributed by atoms with Crippen molar-refractivity contribution >= 4 is 11.8 Å². The predicted octanol–water partition coefficient (Wildman–Crippen LogP) is 1.32. The van der Waals surface area contributed by atoms with Crippen LogP contribution in [0.2, 0.25) is 0 Å². The van der Waals surface area contributed by atoms with Gasteiger partial charge in [0.25, 0.3) is 0 Å². The first-order valence-corrected chi connectivity index (χ1v) is 10.3. The molecule has 4 heterocycles. The maximum atomic E-state index is 12.9. The number of piperidine rings is 1. The monoisotopic (exact) mass is 374 g/mol. The number of aromatic amines is 1. The Balaban J connectivity index is 1.38. The Morgan fingerprint density at radius 3 is 2.96 bits per heavy atom. The summed E-state index contributed by atoms with van der Waals surface area (Å²) in [7, 11) is 1.66. The Labute approximate surface area is 160 Å². The smallest absolute Gasteiger partial charge is 0.227 e. The normalized spacial score (nSPS) is 24.9. The third kappa shape index (κ3) is 3.74. The summed E-state index contributed by atoms with van der Waals surface area (Å²) in [5.41, 5.74) is 3.66. The van der Waals surface area contributed by atoms with Crippen molar-refractivity contribution in [3.05, 3.63) is 17.0 Å². The summed E-state index contributed by atoms with van der Waals surface area (Å²) in [6.07, 6.45) is 7.62. The third-order valence-electron chi connectivity index (χ3n) is 6.40. The zero-order valence-electron chi connectivity index (χ0n) is 16.2. The van der Waals surface area contributed by atoms with Gasteiger partial charge in [-0.1, -0.05) is 0 Å². The van der Waals surface area contributed by atoms with E-state index in [-0.39, 0.29) is 23.8 Å². The van der Waals surface area contributed by atoms with Crippen molar-refractivity contribution in [1.29, 1.82) is 0 Å². The molecule has 2 amide bonds. The number of methoxy groups -OCH3 is 1. The molecule has 7 nitrogen and oxygen atoms in total. The van der Waals surface area contributed by atoms with Gasteiger partial charge in [0.05, 0.1) is 18.2 Å². The van der Waals surface area contributed by atoms with E-state index in [2.05, 4.69) is 10.2 Å². The lowest BCUT2D eigenvalue weighted by Gasteiger charge is -2.35. The fourth-order valence-electron chi connectivity index (χ4n) is 4.87. The second kappa shape index (κ2) is 8.00. The highest BCUT2D eigenvalue weighted by Gasteiger charge is 2.41. The second-order valence-corrected chi connectivity index (χ2v) is 8.09. The molecule has 2 bridgehead atoms. The molecule has 1 aliphatic carbocycles. The highest BCUT2D eigenvalue weighted by molar-refractivity contribution is 5.83. The lowest BCUT2D eigenvalue weighted by molar-refractivity contribution is -0.140. The predicted molar refractivity (Wildman–Crippen MR) is 100 cm³/mol. The van der Waals surface area contributed by atoms with E-state index in [1.807, 2.05) is 9.80 Å². The Kier molecular flexibility index (Phi) is 5.48. The number of nitrogens with zero attached hydrogens (tertiary/aromatic N) is 3. The van der Waals surface area contributed by atoms with Crippen LogP contribution in [0.5, 0.6) is 0 Å². The van der Waals surface area contributed by atoms with E-state index in [1.165, 1.54) is 24.1 Å². The van der Waals surface area contributed by atoms with Crippen LogP contribution in [0.3, 0.4) is 0 Å². The molecular formula is C20H30N4O3. The van der Waals surface area contributed by atoms with Crippen LogP contribution in [-0.2, 0) is 33.6 Å². The summed E-state index contributed by atoms with van der Waals surface area (Å²) in [4.78, 5) is 29.5. The molecule has 3 fully saturated rings. The first kappa shape index (κ1) is 18.5. The third-order valence-corrected chi connectivity index (χ3v) is 6.40. The molecule has 7 heteroatoms. The topological polar surface area (TPSA) is 78.5 Å². The van der Waals surface area contributed by atoms with Gasteiger partial charge in [-0.25, -0.2) is 0 Å². The van der Waals surface area contributed by atoms with Crippen LogP contribution in [0.15, 0.2) is 0 Å². The van der Waals surface area contributed by atoms with Gasteiger partial charge in [-0.2, -0.15) is 5.10 Å². The molecule has 27 heavy (non-hydrogen) atoms. The highest BCUT2D eigenvalue weighted by atomic mass is 16.5. The van der Waals surface area contributed by atoms with E-state index >= 15 is 0 Å². The van der Waals surface area contributed by atoms with Crippen LogP contribution < -0.4 is 0 Å². The molecule has 1 N–H and O–H groups in total. The SMILES string of the molecule is COCCN1C(=O)[C@@H]2CC[C@H]1CN(C(=O)CCc1n[nH]c3c1CCCC3)C2. The maximum absolute atomic E-state index is 12.9. The van der Waals surface area contributed by atoms with Crippen LogP contribution in [0.4, 0.5) is 0 Å². The number of hydrogen-bond acceptors (Lipinski definition) is 4. The van der Waals surface area contributed by atoms with Gasteiger partial charge in [0.15, 0.2) is 0 Å². The molecule has 0 aromatic carbocycles. The molecule has 0 radical (unpaired) electrons. The van der Waals surface area contributed by atoms with Gasteiger partial charge in [-0.15, -0.1) is 0 Å². The van der Waals surface area contributed by atoms with Gasteiger partial charge in [-0.3, -0.25) is 14.7 Å². The van der Waals surface area contributed by atoms with E-state index in [0.29, 0.717) is 39.1 Å². The zero-order chi connectivity index (χ0) is 18.8. The summed E-state index contributed by atoms with van der Waals surface area (Å²) < 4.78 is 5.16. The minimum absolute atomic E-state index is 0.0531. The highest BCUT2D eigenvalue weighted by Crippen LogP contribution is 2.29. The molecule has 2 atom stereocenters. The number of hydrogen-bond donors (Lipinski definition) is 1. The van der Waals surface area contributed by atoms with E-state index in [4.69, 9.17) is 4.74 Å². The fourth-order valence-corrected chi connectivity index (χ4v) is 4.87. The number of aromatic nitrogens is 2. The standard InChI is InChI=1S/C20H30N4O3/c1-27-11-10-24-15-7-6-14(20(24)26)12-23(13-15)19(25)9-8-18-16-4-2-3-5-17(16)21-22-18/h14-15H,2-13H2,1H3,(H,21,22)/t14-,15+/m1/s1. The van der Waals surface area contributed by atoms with Gasteiger partial charge >= 0.3 is 0 Å². The van der Waals surface area contributed by atoms with E-state index in [1.54, 1.807) is 7.11 Å². The van der Waals surface area contributed by atoms with Crippen molar-refractivity contribution in [2.45, 2.75) is 57.4 Å². The first-order valence-electron chi connectivity index (χ1n) is 10.3. The average molecular weight is 374 g/mol. The summed E-state index contributed by atoms with van der Waals surface area (Å²) in [6.45, 7) is 2.39. The number of H-pyrrole nitrogens is 1. The number of aryl methyl sites for hydroxylation is 2. The van der Waals surface area contributed by atoms with Gasteiger partial charge in [0.1, 0.15) is 0 Å². The summed E-state index contributed by atoms with van der Waals surface area (Å²) in [6, 6.07) is 0.133. The van der Waals surface area contributed by atoms with Crippen molar-refractivity contribution in [1.82, 2.24) is 20.0 Å². The Morgan fingerprint density at radius 2 is 2.11 bits per heavy atom. The van der Waals surface area contributed by atoms with Gasteiger partial charge in [0.2, 0.25) is 11.8 Å². The molecule has 5 rings (SSSR count). The minimum Gasteiger partial charge on any atom is -0.383 e. The van der Waals surface area contributed by atoms with Crippen LogP contribution in [0.25, 0.3) is 0 Å². The minimum atomic E-state index is -0.0531. The van der Waals surface area contributed by atoms with Crippen LogP contribution >= 0.6 is 0 Å². The van der Waals surface area contributed by atoms with Gasteiger partial charge < -0.3 is 14.5 Å². The molecule has 1 aromatic rings. The number of nitrogens with one attached hydrogen (secondary N) is 1. The quantitative estimate of drug-likeness (QED) is 0.814. The van der Waals surface area contributed by atoms with Crippen LogP contribution in [-0.4, -0.2) is 71.2 Å². The van der Waals surface area contributed by atoms with E-state index in [9.17, 15) is 9.59 Å². The lowest BCUT2D eigenvalue weighted by Crippen LogP contribution is -2.49. The average Bonchev–Trinajstić information content (AvgIpc) is 2.89. The molecule has 4 aliphatic rings. The van der Waals surface area contributed by atoms with Crippen molar-refractivity contribution in [2.24, 2.45) is 5.92 Å². The number of carbonyl (C=O) groups excluding carboxylic acids is 2. The van der Waals surface area contributed by atoms with Gasteiger partial charge in [0, 0.05) is 51.3 Å². The maximum Gasteiger partial charge on any atom is 0.227 e. The number of rotatable bonds is 6. The molecule has 148 valence electrons. The first-order chi connectivity index (χ1) is 13.2. The van der Waals surface area contributed by atoms with Crippen molar-refractivity contribution < 1.29 is 14.3 Å². The number of fused-ring (bicyclic) bond motifs is 5. The van der Waals surface area contributed by atoms with Crippen molar-refractivity contribution in [3.8, 4) is 0 Å². The Hall–Kier alpha value is -1.89. The van der Waals surface area contributed by atoms with Gasteiger partial charge in [-0.05, 0) is 44.1 Å². The lowest BCUT2D eigenvalue weighted by atomic mass is 9.94. The summed E-state index contributed by atoms with van der Waals surface area (Å²) in [5, 5.41) is 7.62. The van der Waals surface area contributed by atoms with Crippen molar-refractivity contribution in [3.63, 3.8) is 0 Å². The second-order valence-electron chi connectivity index (χ2n) is 8.09. The molecule has 3 aliphatic heterocycles. The molecular weight excluding hydrogens is 344 g/mol. The number of carbonyl (C=O) groups is 2. The summed E-state index contributed by atoms with van der Waals surface area (Å²) in [5.74, 6) is 0.295. The molecule has 0 saturated carbocycles. The zero-order valence-corrected chi connectivity index (χ0v) is 16.2. The molecule has 1 aromatic heterocycles. The van der Waals surface area contributed by atoms with E-state index < -0.39 is 0 Å². The Morgan fingerprint density at radius 1 is 1.26 bits per heavy atom. The van der Waals surface area contributed by atoms with Crippen LogP contribution in [0.1, 0.15) is 49.1 Å². The Bertz CT molecular complexity index is 701. The molecule has 0 spiro atoms. The fraction of sp³-hybridized carbons (Fsp3) is 0.750. The largest absolute Gasteiger partial charge is 0.383 e.